The van der Waals surface area contributed by atoms with Gasteiger partial charge in [0.1, 0.15) is 5.15 Å². The number of ether oxygens (including phenoxy) is 1. The van der Waals surface area contributed by atoms with Crippen LogP contribution in [0.2, 0.25) is 5.15 Å². The molecular formula is C10H13ClN4O2. The van der Waals surface area contributed by atoms with Gasteiger partial charge in [0.25, 0.3) is 0 Å². The molecule has 0 saturated carbocycles. The molecule has 0 aromatic carbocycles. The first-order chi connectivity index (χ1) is 8.19. The zero-order valence-corrected chi connectivity index (χ0v) is 10.1. The molecule has 0 radical (unpaired) electrons. The van der Waals surface area contributed by atoms with Gasteiger partial charge in [-0.1, -0.05) is 11.6 Å². The van der Waals surface area contributed by atoms with Crippen LogP contribution in [0.15, 0.2) is 12.3 Å². The highest BCUT2D eigenvalue weighted by Crippen LogP contribution is 2.12. The van der Waals surface area contributed by atoms with Crippen molar-refractivity contribution in [2.24, 2.45) is 0 Å². The molecule has 6 nitrogen and oxygen atoms in total. The van der Waals surface area contributed by atoms with Crippen molar-refractivity contribution in [2.45, 2.75) is 18.6 Å². The summed E-state index contributed by atoms with van der Waals surface area (Å²) in [6.07, 6.45) is 2.21. The number of hydrogen-bond acceptors (Lipinski definition) is 5. The lowest BCUT2D eigenvalue weighted by Gasteiger charge is -2.09. The van der Waals surface area contributed by atoms with E-state index in [1.165, 1.54) is 6.20 Å². The minimum Gasteiger partial charge on any atom is -0.380 e. The molecule has 2 rings (SSSR count). The fourth-order valence-electron chi connectivity index (χ4n) is 1.68. The second-order valence-electron chi connectivity index (χ2n) is 3.75. The molecule has 0 bridgehead atoms. The predicted octanol–water partition coefficient (Wildman–Crippen LogP) is 0.445. The summed E-state index contributed by atoms with van der Waals surface area (Å²) in [6, 6.07) is 1.27. The molecule has 1 saturated heterocycles. The van der Waals surface area contributed by atoms with Gasteiger partial charge in [0, 0.05) is 19.9 Å². The van der Waals surface area contributed by atoms with Gasteiger partial charge in [-0.15, -0.1) is 0 Å². The highest BCUT2D eigenvalue weighted by atomic mass is 35.5. The fraction of sp³-hybridized carbons (Fsp3) is 0.500. The van der Waals surface area contributed by atoms with Crippen molar-refractivity contribution in [3.05, 3.63) is 17.4 Å². The van der Waals surface area contributed by atoms with E-state index in [4.69, 9.17) is 16.3 Å². The summed E-state index contributed by atoms with van der Waals surface area (Å²) >= 11 is 5.70. The van der Waals surface area contributed by atoms with E-state index >= 15 is 0 Å². The topological polar surface area (TPSA) is 76.1 Å². The third-order valence-corrected chi connectivity index (χ3v) is 2.81. The predicted molar refractivity (Wildman–Crippen MR) is 62.9 cm³/mol. The molecule has 1 aliphatic rings. The number of halogens is 1. The Bertz CT molecular complexity index is 415. The van der Waals surface area contributed by atoms with Crippen LogP contribution in [0.25, 0.3) is 0 Å². The van der Waals surface area contributed by atoms with E-state index in [9.17, 15) is 4.79 Å². The van der Waals surface area contributed by atoms with E-state index in [1.54, 1.807) is 13.2 Å². The summed E-state index contributed by atoms with van der Waals surface area (Å²) in [5, 5.41) is 5.97. The molecule has 17 heavy (non-hydrogen) atoms. The van der Waals surface area contributed by atoms with Crippen molar-refractivity contribution < 1.29 is 9.53 Å². The maximum Gasteiger partial charge on any atom is 0.243 e. The van der Waals surface area contributed by atoms with E-state index in [0.717, 1.165) is 0 Å². The van der Waals surface area contributed by atoms with Crippen LogP contribution in [0.1, 0.15) is 6.42 Å². The van der Waals surface area contributed by atoms with E-state index in [0.29, 0.717) is 18.1 Å². The Balaban J connectivity index is 1.93. The number of nitrogens with zero attached hydrogens (tertiary/aromatic N) is 2. The van der Waals surface area contributed by atoms with Gasteiger partial charge in [0.15, 0.2) is 0 Å². The Morgan fingerprint density at radius 2 is 2.53 bits per heavy atom. The Morgan fingerprint density at radius 3 is 3.18 bits per heavy atom. The standard InChI is InChI=1S/C10H13ClN4O2/c1-17-6-4-7(13-5-6)9(16)15-10-12-3-2-8(11)14-10/h2-3,6-7,13H,4-5H2,1H3,(H,12,14,15,16). The molecule has 92 valence electrons. The number of hydrogen-bond donors (Lipinski definition) is 2. The molecule has 2 atom stereocenters. The highest BCUT2D eigenvalue weighted by molar-refractivity contribution is 6.29. The minimum absolute atomic E-state index is 0.0750. The van der Waals surface area contributed by atoms with Crippen LogP contribution < -0.4 is 10.6 Å². The number of amides is 1. The largest absolute Gasteiger partial charge is 0.380 e. The average Bonchev–Trinajstić information content (AvgIpc) is 2.77. The average molecular weight is 257 g/mol. The molecular weight excluding hydrogens is 244 g/mol. The highest BCUT2D eigenvalue weighted by Gasteiger charge is 2.29. The van der Waals surface area contributed by atoms with Crippen molar-refractivity contribution in [3.63, 3.8) is 0 Å². The fourth-order valence-corrected chi connectivity index (χ4v) is 1.81. The number of anilines is 1. The van der Waals surface area contributed by atoms with E-state index < -0.39 is 0 Å². The van der Waals surface area contributed by atoms with Crippen LogP contribution in [0, 0.1) is 0 Å². The second-order valence-corrected chi connectivity index (χ2v) is 4.13. The van der Waals surface area contributed by atoms with E-state index in [-0.39, 0.29) is 24.0 Å². The Labute approximate surface area is 104 Å². The molecule has 1 aliphatic heterocycles. The molecule has 1 aromatic heterocycles. The molecule has 1 aromatic rings. The maximum atomic E-state index is 11.8. The van der Waals surface area contributed by atoms with Crippen molar-refractivity contribution in [1.29, 1.82) is 0 Å². The Morgan fingerprint density at radius 1 is 1.71 bits per heavy atom. The van der Waals surface area contributed by atoms with Crippen molar-refractivity contribution in [1.82, 2.24) is 15.3 Å². The van der Waals surface area contributed by atoms with Gasteiger partial charge in [0.05, 0.1) is 12.1 Å². The van der Waals surface area contributed by atoms with Crippen molar-refractivity contribution in [2.75, 3.05) is 19.0 Å². The van der Waals surface area contributed by atoms with Crippen LogP contribution >= 0.6 is 11.6 Å². The second kappa shape index (κ2) is 5.39. The molecule has 0 spiro atoms. The maximum absolute atomic E-state index is 11.8. The van der Waals surface area contributed by atoms with Gasteiger partial charge in [-0.3, -0.25) is 10.1 Å². The van der Waals surface area contributed by atoms with Gasteiger partial charge in [-0.05, 0) is 12.5 Å². The van der Waals surface area contributed by atoms with Crippen molar-refractivity contribution >= 4 is 23.5 Å². The first-order valence-corrected chi connectivity index (χ1v) is 5.62. The summed E-state index contributed by atoms with van der Waals surface area (Å²) < 4.78 is 5.17. The van der Waals surface area contributed by atoms with Crippen LogP contribution in [0.5, 0.6) is 0 Å². The zero-order chi connectivity index (χ0) is 12.3. The summed E-state index contributed by atoms with van der Waals surface area (Å²) in [6.45, 7) is 0.672. The SMILES string of the molecule is COC1CNC(C(=O)Nc2nccc(Cl)n2)C1. The molecule has 1 amide bonds. The first kappa shape index (κ1) is 12.2. The minimum atomic E-state index is -0.275. The third kappa shape index (κ3) is 3.12. The summed E-state index contributed by atoms with van der Waals surface area (Å²) in [5.74, 6) is 0.0389. The Kier molecular flexibility index (Phi) is 3.88. The zero-order valence-electron chi connectivity index (χ0n) is 9.31. The van der Waals surface area contributed by atoms with Gasteiger partial charge < -0.3 is 10.1 Å². The number of rotatable bonds is 3. The monoisotopic (exact) mass is 256 g/mol. The quantitative estimate of drug-likeness (QED) is 0.768. The number of carbonyl (C=O) groups is 1. The molecule has 0 aliphatic carbocycles. The van der Waals surface area contributed by atoms with Crippen LogP contribution in [0.4, 0.5) is 5.95 Å². The Hall–Kier alpha value is -1.24. The van der Waals surface area contributed by atoms with Crippen LogP contribution in [-0.4, -0.2) is 41.7 Å². The summed E-state index contributed by atoms with van der Waals surface area (Å²) in [7, 11) is 1.63. The number of nitrogens with one attached hydrogen (secondary N) is 2. The number of aromatic nitrogens is 2. The van der Waals surface area contributed by atoms with Crippen molar-refractivity contribution in [3.8, 4) is 0 Å². The lowest BCUT2D eigenvalue weighted by molar-refractivity contribution is -0.118. The van der Waals surface area contributed by atoms with Gasteiger partial charge in [-0.2, -0.15) is 0 Å². The van der Waals surface area contributed by atoms with Gasteiger partial charge in [-0.25, -0.2) is 9.97 Å². The lowest BCUT2D eigenvalue weighted by Crippen LogP contribution is -2.35. The first-order valence-electron chi connectivity index (χ1n) is 5.24. The number of carbonyl (C=O) groups excluding carboxylic acids is 1. The number of methoxy groups -OCH3 is 1. The smallest absolute Gasteiger partial charge is 0.243 e. The molecule has 1 fully saturated rings. The summed E-state index contributed by atoms with van der Waals surface area (Å²) in [5.41, 5.74) is 0. The summed E-state index contributed by atoms with van der Waals surface area (Å²) in [4.78, 5) is 19.6. The van der Waals surface area contributed by atoms with Gasteiger partial charge in [0.2, 0.25) is 11.9 Å². The normalized spacial score (nSPS) is 23.6. The van der Waals surface area contributed by atoms with Crippen LogP contribution in [0.3, 0.4) is 0 Å². The van der Waals surface area contributed by atoms with Crippen LogP contribution in [-0.2, 0) is 9.53 Å². The molecule has 7 heteroatoms. The molecule has 2 N–H and O–H groups in total. The third-order valence-electron chi connectivity index (χ3n) is 2.60. The van der Waals surface area contributed by atoms with E-state index in [1.807, 2.05) is 0 Å². The van der Waals surface area contributed by atoms with Gasteiger partial charge >= 0.3 is 0 Å². The lowest BCUT2D eigenvalue weighted by atomic mass is 10.2. The molecule has 2 heterocycles. The van der Waals surface area contributed by atoms with E-state index in [2.05, 4.69) is 20.6 Å². The molecule has 2 unspecified atom stereocenters.